The summed E-state index contributed by atoms with van der Waals surface area (Å²) >= 11 is 0. The maximum atomic E-state index is 12.6. The lowest BCUT2D eigenvalue weighted by atomic mass is 10.3. The second-order valence-electron chi connectivity index (χ2n) is 6.22. The van der Waals surface area contributed by atoms with Gasteiger partial charge in [0.25, 0.3) is 0 Å². The van der Waals surface area contributed by atoms with E-state index in [0.717, 1.165) is 12.1 Å². The van der Waals surface area contributed by atoms with E-state index < -0.39 is 10.0 Å². The summed E-state index contributed by atoms with van der Waals surface area (Å²) in [5.41, 5.74) is 0.734. The summed E-state index contributed by atoms with van der Waals surface area (Å²) in [7, 11) is -3.67. The molecule has 0 radical (unpaired) electrons. The van der Waals surface area contributed by atoms with Crippen LogP contribution in [0.15, 0.2) is 59.9 Å². The Hall–Kier alpha value is -2.91. The first-order chi connectivity index (χ1) is 13.6. The van der Waals surface area contributed by atoms with Crippen molar-refractivity contribution < 1.29 is 17.9 Å². The number of sulfonamides is 1. The zero-order valence-electron chi connectivity index (χ0n) is 15.1. The number of hydrogen-bond acceptors (Lipinski definition) is 6. The number of imidazole rings is 1. The fraction of sp³-hybridized carbons (Fsp3) is 0.263. The molecular formula is C19H20N4O4S. The third-order valence-electron chi connectivity index (χ3n) is 4.28. The highest BCUT2D eigenvalue weighted by Gasteiger charge is 2.18. The Kier molecular flexibility index (Phi) is 5.27. The zero-order valence-corrected chi connectivity index (χ0v) is 15.9. The average Bonchev–Trinajstić information content (AvgIpc) is 3.04. The Morgan fingerprint density at radius 2 is 1.89 bits per heavy atom. The molecule has 1 aliphatic rings. The average molecular weight is 400 g/mol. The zero-order chi connectivity index (χ0) is 19.4. The normalized spacial score (nSPS) is 13.9. The van der Waals surface area contributed by atoms with E-state index in [1.54, 1.807) is 24.7 Å². The molecule has 2 aromatic heterocycles. The number of pyridine rings is 1. The van der Waals surface area contributed by atoms with Gasteiger partial charge in [0, 0.05) is 44.2 Å². The molecule has 1 N–H and O–H groups in total. The molecule has 3 heterocycles. The van der Waals surface area contributed by atoms with Crippen molar-refractivity contribution in [2.24, 2.45) is 0 Å². The predicted octanol–water partition coefficient (Wildman–Crippen LogP) is 2.08. The van der Waals surface area contributed by atoms with Gasteiger partial charge in [0.15, 0.2) is 17.3 Å². The minimum Gasteiger partial charge on any atom is -0.490 e. The SMILES string of the molecule is O=S(=O)(NCCn1ccnc1-c1ccccn1)c1ccc2c(c1)OCCCO2. The number of benzene rings is 1. The summed E-state index contributed by atoms with van der Waals surface area (Å²) < 4.78 is 40.9. The van der Waals surface area contributed by atoms with Crippen LogP contribution < -0.4 is 14.2 Å². The van der Waals surface area contributed by atoms with Crippen LogP contribution in [0.1, 0.15) is 6.42 Å². The quantitative estimate of drug-likeness (QED) is 0.681. The van der Waals surface area contributed by atoms with Gasteiger partial charge in [-0.3, -0.25) is 4.98 Å². The maximum absolute atomic E-state index is 12.6. The smallest absolute Gasteiger partial charge is 0.240 e. The molecule has 0 fully saturated rings. The van der Waals surface area contributed by atoms with Gasteiger partial charge in [0.2, 0.25) is 10.0 Å². The van der Waals surface area contributed by atoms with Gasteiger partial charge in [-0.25, -0.2) is 18.1 Å². The van der Waals surface area contributed by atoms with E-state index >= 15 is 0 Å². The van der Waals surface area contributed by atoms with E-state index in [4.69, 9.17) is 9.47 Å². The third kappa shape index (κ3) is 4.00. The molecule has 0 amide bonds. The largest absolute Gasteiger partial charge is 0.490 e. The lowest BCUT2D eigenvalue weighted by molar-refractivity contribution is 0.297. The summed E-state index contributed by atoms with van der Waals surface area (Å²) in [5, 5.41) is 0. The van der Waals surface area contributed by atoms with Crippen LogP contribution in [0.3, 0.4) is 0 Å². The molecule has 0 aliphatic carbocycles. The molecule has 0 bridgehead atoms. The fourth-order valence-electron chi connectivity index (χ4n) is 2.91. The molecule has 3 aromatic rings. The van der Waals surface area contributed by atoms with Crippen LogP contribution in [0, 0.1) is 0 Å². The van der Waals surface area contributed by atoms with Crippen LogP contribution in [0.5, 0.6) is 11.5 Å². The topological polar surface area (TPSA) is 95.3 Å². The van der Waals surface area contributed by atoms with Crippen molar-refractivity contribution in [3.8, 4) is 23.0 Å². The highest BCUT2D eigenvalue weighted by atomic mass is 32.2. The first-order valence-electron chi connectivity index (χ1n) is 8.95. The van der Waals surface area contributed by atoms with E-state index in [0.29, 0.717) is 37.1 Å². The first-order valence-corrected chi connectivity index (χ1v) is 10.4. The predicted molar refractivity (Wildman–Crippen MR) is 103 cm³/mol. The second kappa shape index (κ2) is 7.99. The Morgan fingerprint density at radius 3 is 2.71 bits per heavy atom. The molecule has 0 spiro atoms. The Bertz CT molecular complexity index is 1050. The van der Waals surface area contributed by atoms with Gasteiger partial charge in [-0.05, 0) is 24.3 Å². The molecule has 8 nitrogen and oxygen atoms in total. The second-order valence-corrected chi connectivity index (χ2v) is 7.98. The van der Waals surface area contributed by atoms with Crippen LogP contribution in [0.2, 0.25) is 0 Å². The summed E-state index contributed by atoms with van der Waals surface area (Å²) in [6.45, 7) is 1.70. The van der Waals surface area contributed by atoms with Crippen molar-refractivity contribution in [1.29, 1.82) is 0 Å². The summed E-state index contributed by atoms with van der Waals surface area (Å²) in [6, 6.07) is 10.2. The Labute approximate surface area is 163 Å². The van der Waals surface area contributed by atoms with E-state index in [9.17, 15) is 8.42 Å². The maximum Gasteiger partial charge on any atom is 0.240 e. The number of aromatic nitrogens is 3. The van der Waals surface area contributed by atoms with Crippen LogP contribution in [0.25, 0.3) is 11.5 Å². The van der Waals surface area contributed by atoms with Gasteiger partial charge < -0.3 is 14.0 Å². The van der Waals surface area contributed by atoms with Crippen LogP contribution in [0.4, 0.5) is 0 Å². The molecule has 0 saturated carbocycles. The number of ether oxygens (including phenoxy) is 2. The van der Waals surface area contributed by atoms with Crippen molar-refractivity contribution in [3.05, 3.63) is 55.0 Å². The molecule has 9 heteroatoms. The van der Waals surface area contributed by atoms with Gasteiger partial charge in [0.05, 0.1) is 18.1 Å². The van der Waals surface area contributed by atoms with Gasteiger partial charge in [-0.15, -0.1) is 0 Å². The monoisotopic (exact) mass is 400 g/mol. The first kappa shape index (κ1) is 18.5. The van der Waals surface area contributed by atoms with E-state index in [-0.39, 0.29) is 11.4 Å². The number of nitrogens with zero attached hydrogens (tertiary/aromatic N) is 3. The molecular weight excluding hydrogens is 380 g/mol. The Balaban J connectivity index is 1.44. The molecule has 0 saturated heterocycles. The van der Waals surface area contributed by atoms with Crippen molar-refractivity contribution >= 4 is 10.0 Å². The highest BCUT2D eigenvalue weighted by molar-refractivity contribution is 7.89. The van der Waals surface area contributed by atoms with Crippen molar-refractivity contribution in [2.45, 2.75) is 17.9 Å². The van der Waals surface area contributed by atoms with Gasteiger partial charge in [0.1, 0.15) is 5.69 Å². The molecule has 28 heavy (non-hydrogen) atoms. The van der Waals surface area contributed by atoms with E-state index in [2.05, 4.69) is 14.7 Å². The number of nitrogens with one attached hydrogen (secondary N) is 1. The van der Waals surface area contributed by atoms with E-state index in [1.807, 2.05) is 22.8 Å². The third-order valence-corrected chi connectivity index (χ3v) is 5.74. The van der Waals surface area contributed by atoms with E-state index in [1.165, 1.54) is 12.1 Å². The Morgan fingerprint density at radius 1 is 1.04 bits per heavy atom. The minimum absolute atomic E-state index is 0.146. The molecule has 1 aromatic carbocycles. The summed E-state index contributed by atoms with van der Waals surface area (Å²) in [4.78, 5) is 8.74. The molecule has 1 aliphatic heterocycles. The summed E-state index contributed by atoms with van der Waals surface area (Å²) in [6.07, 6.45) is 5.92. The van der Waals surface area contributed by atoms with Gasteiger partial charge in [-0.1, -0.05) is 6.07 Å². The number of fused-ring (bicyclic) bond motifs is 1. The molecule has 0 unspecified atom stereocenters. The fourth-order valence-corrected chi connectivity index (χ4v) is 3.95. The van der Waals surface area contributed by atoms with Crippen molar-refractivity contribution in [1.82, 2.24) is 19.3 Å². The molecule has 0 atom stereocenters. The summed E-state index contributed by atoms with van der Waals surface area (Å²) in [5.74, 6) is 1.71. The van der Waals surface area contributed by atoms with Gasteiger partial charge >= 0.3 is 0 Å². The van der Waals surface area contributed by atoms with Crippen molar-refractivity contribution in [3.63, 3.8) is 0 Å². The van der Waals surface area contributed by atoms with Crippen molar-refractivity contribution in [2.75, 3.05) is 19.8 Å². The highest BCUT2D eigenvalue weighted by Crippen LogP contribution is 2.31. The van der Waals surface area contributed by atoms with Gasteiger partial charge in [-0.2, -0.15) is 0 Å². The minimum atomic E-state index is -3.67. The lowest BCUT2D eigenvalue weighted by Gasteiger charge is -2.12. The van der Waals surface area contributed by atoms with Crippen LogP contribution in [-0.2, 0) is 16.6 Å². The standard InChI is InChI=1S/C19H20N4O4S/c24-28(25,15-5-6-17-18(14-15)27-13-3-12-26-17)22-9-11-23-10-8-21-19(23)16-4-1-2-7-20-16/h1-2,4-8,10,14,22H,3,9,11-13H2. The molecule has 4 rings (SSSR count). The molecule has 146 valence electrons. The van der Waals surface area contributed by atoms with Crippen LogP contribution in [-0.4, -0.2) is 42.7 Å². The van der Waals surface area contributed by atoms with Crippen LogP contribution >= 0.6 is 0 Å². The number of hydrogen-bond donors (Lipinski definition) is 1. The lowest BCUT2D eigenvalue weighted by Crippen LogP contribution is -2.27. The number of rotatable bonds is 6.